The SMILES string of the molecule is CSc1nc(-c2ccco2)nc(C)c1C(=O)NCCC(=O)Nc1ccc(Br)cc1. The lowest BCUT2D eigenvalue weighted by molar-refractivity contribution is -0.116. The summed E-state index contributed by atoms with van der Waals surface area (Å²) in [6, 6.07) is 10.8. The molecule has 0 aliphatic heterocycles. The van der Waals surface area contributed by atoms with E-state index in [0.29, 0.717) is 33.6 Å². The molecule has 2 aromatic heterocycles. The van der Waals surface area contributed by atoms with E-state index in [-0.39, 0.29) is 24.8 Å². The Bertz CT molecular complexity index is 1010. The number of hydrogen-bond acceptors (Lipinski definition) is 6. The van der Waals surface area contributed by atoms with Crippen LogP contribution >= 0.6 is 27.7 Å². The maximum atomic E-state index is 12.7. The molecule has 0 spiro atoms. The Morgan fingerprint density at radius 3 is 2.59 bits per heavy atom. The van der Waals surface area contributed by atoms with Gasteiger partial charge in [0, 0.05) is 23.1 Å². The number of aromatic nitrogens is 2. The molecule has 29 heavy (non-hydrogen) atoms. The molecule has 0 saturated carbocycles. The second kappa shape index (κ2) is 9.71. The van der Waals surface area contributed by atoms with Crippen LogP contribution in [0.4, 0.5) is 5.69 Å². The number of carbonyl (C=O) groups is 2. The van der Waals surface area contributed by atoms with Crippen molar-refractivity contribution >= 4 is 45.2 Å². The van der Waals surface area contributed by atoms with Gasteiger partial charge in [0.1, 0.15) is 5.03 Å². The summed E-state index contributed by atoms with van der Waals surface area (Å²) in [5.74, 6) is 0.482. The maximum absolute atomic E-state index is 12.7. The Morgan fingerprint density at radius 2 is 1.93 bits per heavy atom. The van der Waals surface area contributed by atoms with Crippen molar-refractivity contribution in [2.75, 3.05) is 18.1 Å². The minimum absolute atomic E-state index is 0.154. The number of benzene rings is 1. The number of halogens is 1. The second-order valence-corrected chi connectivity index (χ2v) is 7.77. The number of carbonyl (C=O) groups excluding carboxylic acids is 2. The Labute approximate surface area is 180 Å². The van der Waals surface area contributed by atoms with Gasteiger partial charge in [-0.05, 0) is 49.6 Å². The Hall–Kier alpha value is -2.65. The van der Waals surface area contributed by atoms with E-state index >= 15 is 0 Å². The van der Waals surface area contributed by atoms with Crippen LogP contribution < -0.4 is 10.6 Å². The first-order valence-electron chi connectivity index (χ1n) is 8.78. The minimum atomic E-state index is -0.311. The van der Waals surface area contributed by atoms with Gasteiger partial charge in [-0.2, -0.15) is 0 Å². The molecule has 150 valence electrons. The first-order chi connectivity index (χ1) is 14.0. The molecule has 2 N–H and O–H groups in total. The van der Waals surface area contributed by atoms with Gasteiger partial charge in [0.25, 0.3) is 5.91 Å². The van der Waals surface area contributed by atoms with Crippen LogP contribution in [0.1, 0.15) is 22.5 Å². The van der Waals surface area contributed by atoms with E-state index < -0.39 is 0 Å². The van der Waals surface area contributed by atoms with Gasteiger partial charge in [-0.25, -0.2) is 9.97 Å². The third-order valence-corrected chi connectivity index (χ3v) is 5.20. The first kappa shape index (κ1) is 21.1. The van der Waals surface area contributed by atoms with Gasteiger partial charge in [-0.3, -0.25) is 9.59 Å². The molecule has 7 nitrogen and oxygen atoms in total. The highest BCUT2D eigenvalue weighted by atomic mass is 79.9. The Balaban J connectivity index is 1.61. The summed E-state index contributed by atoms with van der Waals surface area (Å²) in [6.07, 6.45) is 3.55. The fourth-order valence-corrected chi connectivity index (χ4v) is 3.49. The number of nitrogens with zero attached hydrogens (tertiary/aromatic N) is 2. The van der Waals surface area contributed by atoms with Crippen molar-refractivity contribution in [2.24, 2.45) is 0 Å². The summed E-state index contributed by atoms with van der Waals surface area (Å²) in [5.41, 5.74) is 1.65. The van der Waals surface area contributed by atoms with E-state index in [1.54, 1.807) is 37.5 Å². The van der Waals surface area contributed by atoms with Crippen LogP contribution in [0.3, 0.4) is 0 Å². The zero-order valence-electron chi connectivity index (χ0n) is 15.9. The van der Waals surface area contributed by atoms with Crippen LogP contribution in [-0.4, -0.2) is 34.6 Å². The Morgan fingerprint density at radius 1 is 1.17 bits per heavy atom. The lowest BCUT2D eigenvalue weighted by Crippen LogP contribution is -2.29. The summed E-state index contributed by atoms with van der Waals surface area (Å²) in [5, 5.41) is 6.12. The van der Waals surface area contributed by atoms with E-state index in [1.807, 2.05) is 18.4 Å². The van der Waals surface area contributed by atoms with Crippen molar-refractivity contribution < 1.29 is 14.0 Å². The number of nitrogens with one attached hydrogen (secondary N) is 2. The van der Waals surface area contributed by atoms with Crippen molar-refractivity contribution in [3.8, 4) is 11.6 Å². The number of rotatable bonds is 7. The summed E-state index contributed by atoms with van der Waals surface area (Å²) < 4.78 is 6.27. The third-order valence-electron chi connectivity index (χ3n) is 3.98. The van der Waals surface area contributed by atoms with Gasteiger partial charge in [-0.1, -0.05) is 15.9 Å². The summed E-state index contributed by atoms with van der Waals surface area (Å²) >= 11 is 4.70. The molecular formula is C20H19BrN4O3S. The number of anilines is 1. The topological polar surface area (TPSA) is 97.1 Å². The van der Waals surface area contributed by atoms with Crippen molar-refractivity contribution in [3.63, 3.8) is 0 Å². The lowest BCUT2D eigenvalue weighted by atomic mass is 10.2. The van der Waals surface area contributed by atoms with Gasteiger partial charge in [0.05, 0.1) is 17.5 Å². The van der Waals surface area contributed by atoms with Crippen molar-refractivity contribution in [1.82, 2.24) is 15.3 Å². The lowest BCUT2D eigenvalue weighted by Gasteiger charge is -2.12. The normalized spacial score (nSPS) is 10.6. The van der Waals surface area contributed by atoms with Crippen LogP contribution in [-0.2, 0) is 4.79 Å². The van der Waals surface area contributed by atoms with Gasteiger partial charge in [0.15, 0.2) is 11.6 Å². The monoisotopic (exact) mass is 474 g/mol. The summed E-state index contributed by atoms with van der Waals surface area (Å²) in [7, 11) is 0. The van der Waals surface area contributed by atoms with Crippen molar-refractivity contribution in [3.05, 3.63) is 58.4 Å². The number of amides is 2. The average Bonchev–Trinajstić information content (AvgIpc) is 3.23. The molecule has 3 rings (SSSR count). The molecule has 0 unspecified atom stereocenters. The van der Waals surface area contributed by atoms with Crippen molar-refractivity contribution in [1.29, 1.82) is 0 Å². The van der Waals surface area contributed by atoms with E-state index in [1.165, 1.54) is 11.8 Å². The smallest absolute Gasteiger partial charge is 0.255 e. The molecule has 0 aliphatic carbocycles. The minimum Gasteiger partial charge on any atom is -0.461 e. The molecule has 1 aromatic carbocycles. The third kappa shape index (κ3) is 5.45. The van der Waals surface area contributed by atoms with E-state index in [9.17, 15) is 9.59 Å². The number of thioether (sulfide) groups is 1. The summed E-state index contributed by atoms with van der Waals surface area (Å²) in [4.78, 5) is 33.5. The van der Waals surface area contributed by atoms with Crippen LogP contribution in [0.25, 0.3) is 11.6 Å². The molecule has 0 saturated heterocycles. The highest BCUT2D eigenvalue weighted by molar-refractivity contribution is 9.10. The molecule has 0 aliphatic rings. The predicted octanol–water partition coefficient (Wildman–Crippen LogP) is 4.29. The average molecular weight is 475 g/mol. The first-order valence-corrected chi connectivity index (χ1v) is 10.8. The van der Waals surface area contributed by atoms with E-state index in [4.69, 9.17) is 4.42 Å². The van der Waals surface area contributed by atoms with Gasteiger partial charge in [0.2, 0.25) is 5.91 Å². The Kier molecular flexibility index (Phi) is 7.05. The van der Waals surface area contributed by atoms with Crippen LogP contribution in [0, 0.1) is 6.92 Å². The van der Waals surface area contributed by atoms with E-state index in [0.717, 1.165) is 4.47 Å². The molecule has 0 bridgehead atoms. The number of hydrogen-bond donors (Lipinski definition) is 2. The highest BCUT2D eigenvalue weighted by Gasteiger charge is 2.19. The molecule has 0 fully saturated rings. The standard InChI is InChI=1S/C20H19BrN4O3S/c1-12-17(20(29-2)25-18(23-12)15-4-3-11-28-15)19(27)22-10-9-16(26)24-14-7-5-13(21)6-8-14/h3-8,11H,9-10H2,1-2H3,(H,22,27)(H,24,26). The molecule has 3 aromatic rings. The predicted molar refractivity (Wildman–Crippen MR) is 116 cm³/mol. The zero-order valence-corrected chi connectivity index (χ0v) is 18.3. The zero-order chi connectivity index (χ0) is 20.8. The number of aryl methyl sites for hydroxylation is 1. The van der Waals surface area contributed by atoms with Gasteiger partial charge in [-0.15, -0.1) is 11.8 Å². The molecule has 2 heterocycles. The van der Waals surface area contributed by atoms with Gasteiger partial charge >= 0.3 is 0 Å². The van der Waals surface area contributed by atoms with Crippen LogP contribution in [0.15, 0.2) is 56.6 Å². The summed E-state index contributed by atoms with van der Waals surface area (Å²) in [6.45, 7) is 1.96. The maximum Gasteiger partial charge on any atom is 0.255 e. The largest absolute Gasteiger partial charge is 0.461 e. The quantitative estimate of drug-likeness (QED) is 0.391. The second-order valence-electron chi connectivity index (χ2n) is 6.06. The fraction of sp³-hybridized carbons (Fsp3) is 0.200. The molecule has 9 heteroatoms. The van der Waals surface area contributed by atoms with Crippen molar-refractivity contribution in [2.45, 2.75) is 18.4 Å². The molecule has 2 amide bonds. The molecule has 0 atom stereocenters. The van der Waals surface area contributed by atoms with Gasteiger partial charge < -0.3 is 15.1 Å². The number of furan rings is 1. The molecule has 0 radical (unpaired) electrons. The van der Waals surface area contributed by atoms with Crippen LogP contribution in [0.5, 0.6) is 0 Å². The fourth-order valence-electron chi connectivity index (χ4n) is 2.61. The van der Waals surface area contributed by atoms with Crippen LogP contribution in [0.2, 0.25) is 0 Å². The molecular weight excluding hydrogens is 456 g/mol. The van der Waals surface area contributed by atoms with E-state index in [2.05, 4.69) is 36.5 Å². The highest BCUT2D eigenvalue weighted by Crippen LogP contribution is 2.25.